The molecule has 1 aliphatic rings. The molecule has 0 spiro atoms. The number of hydrogen-bond acceptors (Lipinski definition) is 2. The Hall–Kier alpha value is -1.02. The number of fused-ring (bicyclic) bond motifs is 1. The predicted octanol–water partition coefficient (Wildman–Crippen LogP) is 2.30. The van der Waals surface area contributed by atoms with E-state index in [0.717, 1.165) is 6.54 Å². The maximum Gasteiger partial charge on any atom is 0.0677 e. The average molecular weight is 205 g/mol. The van der Waals surface area contributed by atoms with Gasteiger partial charge >= 0.3 is 0 Å². The van der Waals surface area contributed by atoms with Crippen molar-refractivity contribution in [1.82, 2.24) is 0 Å². The molecular formula is C13H19NO. The Morgan fingerprint density at radius 1 is 1.40 bits per heavy atom. The third-order valence-electron chi connectivity index (χ3n) is 3.37. The van der Waals surface area contributed by atoms with E-state index in [4.69, 9.17) is 0 Å². The lowest BCUT2D eigenvalue weighted by Gasteiger charge is -2.26. The second-order valence-corrected chi connectivity index (χ2v) is 5.09. The molecular weight excluding hydrogens is 186 g/mol. The third kappa shape index (κ3) is 1.63. The summed E-state index contributed by atoms with van der Waals surface area (Å²) in [4.78, 5) is 2.23. The van der Waals surface area contributed by atoms with Gasteiger partial charge in [0.1, 0.15) is 0 Å². The summed E-state index contributed by atoms with van der Waals surface area (Å²) >= 11 is 0. The Balaban J connectivity index is 2.54. The maximum atomic E-state index is 10.2. The average Bonchev–Trinajstić information content (AvgIpc) is 2.45. The molecule has 15 heavy (non-hydrogen) atoms. The molecule has 2 nitrogen and oxygen atoms in total. The van der Waals surface area contributed by atoms with E-state index in [1.54, 1.807) is 0 Å². The largest absolute Gasteiger partial charge is 0.390 e. The molecule has 1 heterocycles. The third-order valence-corrected chi connectivity index (χ3v) is 3.37. The number of hydrogen-bond donors (Lipinski definition) is 1. The number of likely N-dealkylation sites (N-methyl/N-ethyl adjacent to an activating group) is 1. The van der Waals surface area contributed by atoms with Gasteiger partial charge in [-0.05, 0) is 38.0 Å². The fourth-order valence-corrected chi connectivity index (χ4v) is 2.49. The van der Waals surface area contributed by atoms with Crippen molar-refractivity contribution >= 4 is 5.69 Å². The van der Waals surface area contributed by atoms with Gasteiger partial charge in [-0.15, -0.1) is 0 Å². The molecule has 0 aliphatic carbocycles. The van der Waals surface area contributed by atoms with Crippen molar-refractivity contribution in [3.8, 4) is 0 Å². The second-order valence-electron chi connectivity index (χ2n) is 5.09. The molecule has 82 valence electrons. The molecule has 0 aromatic heterocycles. The Morgan fingerprint density at radius 3 is 2.67 bits per heavy atom. The van der Waals surface area contributed by atoms with Crippen LogP contribution in [0.3, 0.4) is 0 Å². The lowest BCUT2D eigenvalue weighted by atomic mass is 9.84. The van der Waals surface area contributed by atoms with Crippen LogP contribution in [0, 0.1) is 6.92 Å². The molecule has 0 saturated heterocycles. The summed E-state index contributed by atoms with van der Waals surface area (Å²) in [6, 6.07) is 6.34. The highest BCUT2D eigenvalue weighted by atomic mass is 16.3. The highest BCUT2D eigenvalue weighted by Crippen LogP contribution is 2.42. The Bertz CT molecular complexity index is 379. The number of aliphatic hydroxyl groups is 1. The minimum Gasteiger partial charge on any atom is -0.390 e. The van der Waals surface area contributed by atoms with E-state index in [0.29, 0.717) is 0 Å². The van der Waals surface area contributed by atoms with Crippen LogP contribution in [-0.2, 0) is 0 Å². The van der Waals surface area contributed by atoms with Gasteiger partial charge in [-0.2, -0.15) is 0 Å². The lowest BCUT2D eigenvalue weighted by molar-refractivity contribution is 0.0549. The zero-order valence-corrected chi connectivity index (χ0v) is 9.91. The van der Waals surface area contributed by atoms with Crippen molar-refractivity contribution in [1.29, 1.82) is 0 Å². The van der Waals surface area contributed by atoms with Crippen LogP contribution in [0.15, 0.2) is 18.2 Å². The van der Waals surface area contributed by atoms with Gasteiger partial charge < -0.3 is 10.0 Å². The molecule has 0 saturated carbocycles. The second kappa shape index (κ2) is 3.24. The highest BCUT2D eigenvalue weighted by molar-refractivity contribution is 5.63. The van der Waals surface area contributed by atoms with Crippen LogP contribution >= 0.6 is 0 Å². The van der Waals surface area contributed by atoms with Gasteiger partial charge in [0, 0.05) is 25.2 Å². The first-order chi connectivity index (χ1) is 6.91. The maximum absolute atomic E-state index is 10.2. The Labute approximate surface area is 91.5 Å². The summed E-state index contributed by atoms with van der Waals surface area (Å²) in [5, 5.41) is 10.2. The van der Waals surface area contributed by atoms with Gasteiger partial charge in [-0.3, -0.25) is 0 Å². The zero-order valence-electron chi connectivity index (χ0n) is 9.91. The standard InChI is InChI=1S/C13H19NO/c1-9-6-5-7-11-12(9)10(8-14(11)4)13(2,3)15/h5-7,10,15H,8H2,1-4H3. The van der Waals surface area contributed by atoms with Crippen molar-refractivity contribution in [2.24, 2.45) is 0 Å². The summed E-state index contributed by atoms with van der Waals surface area (Å²) in [6.45, 7) is 6.82. The number of anilines is 1. The van der Waals surface area contributed by atoms with E-state index in [2.05, 4.69) is 37.1 Å². The molecule has 2 rings (SSSR count). The number of aryl methyl sites for hydroxylation is 1. The van der Waals surface area contributed by atoms with Gasteiger partial charge in [0.05, 0.1) is 5.60 Å². The van der Waals surface area contributed by atoms with Crippen LogP contribution < -0.4 is 4.90 Å². The molecule has 0 radical (unpaired) electrons. The van der Waals surface area contributed by atoms with Gasteiger partial charge in [0.25, 0.3) is 0 Å². The SMILES string of the molecule is Cc1cccc2c1C(C(C)(C)O)CN2C. The van der Waals surface area contributed by atoms with Crippen molar-refractivity contribution in [2.75, 3.05) is 18.5 Å². The van der Waals surface area contributed by atoms with E-state index in [1.807, 2.05) is 13.8 Å². The van der Waals surface area contributed by atoms with Gasteiger partial charge in [-0.1, -0.05) is 12.1 Å². The normalized spacial score (nSPS) is 20.6. The Kier molecular flexibility index (Phi) is 2.27. The van der Waals surface area contributed by atoms with E-state index in [-0.39, 0.29) is 5.92 Å². The smallest absolute Gasteiger partial charge is 0.0677 e. The number of nitrogens with zero attached hydrogens (tertiary/aromatic N) is 1. The summed E-state index contributed by atoms with van der Waals surface area (Å²) in [5.41, 5.74) is 3.21. The number of benzene rings is 1. The van der Waals surface area contributed by atoms with Crippen LogP contribution in [0.1, 0.15) is 30.9 Å². The summed E-state index contributed by atoms with van der Waals surface area (Å²) < 4.78 is 0. The minimum absolute atomic E-state index is 0.221. The monoisotopic (exact) mass is 205 g/mol. The van der Waals surface area contributed by atoms with E-state index in [1.165, 1.54) is 16.8 Å². The molecule has 1 aromatic carbocycles. The van der Waals surface area contributed by atoms with Crippen molar-refractivity contribution in [2.45, 2.75) is 32.3 Å². The Morgan fingerprint density at radius 2 is 2.07 bits per heavy atom. The molecule has 1 N–H and O–H groups in total. The van der Waals surface area contributed by atoms with E-state index < -0.39 is 5.60 Å². The van der Waals surface area contributed by atoms with Crippen LogP contribution in [0.2, 0.25) is 0 Å². The van der Waals surface area contributed by atoms with Crippen LogP contribution in [0.5, 0.6) is 0 Å². The topological polar surface area (TPSA) is 23.5 Å². The van der Waals surface area contributed by atoms with Crippen molar-refractivity contribution in [3.05, 3.63) is 29.3 Å². The molecule has 0 fully saturated rings. The fraction of sp³-hybridized carbons (Fsp3) is 0.538. The van der Waals surface area contributed by atoms with Crippen LogP contribution in [-0.4, -0.2) is 24.3 Å². The molecule has 2 heteroatoms. The summed E-state index contributed by atoms with van der Waals surface area (Å²) in [7, 11) is 2.09. The molecule has 1 atom stereocenters. The fourth-order valence-electron chi connectivity index (χ4n) is 2.49. The number of rotatable bonds is 1. The highest BCUT2D eigenvalue weighted by Gasteiger charge is 2.37. The van der Waals surface area contributed by atoms with E-state index >= 15 is 0 Å². The van der Waals surface area contributed by atoms with Crippen molar-refractivity contribution < 1.29 is 5.11 Å². The quantitative estimate of drug-likeness (QED) is 0.760. The van der Waals surface area contributed by atoms with Crippen molar-refractivity contribution in [3.63, 3.8) is 0 Å². The molecule has 1 aromatic rings. The van der Waals surface area contributed by atoms with Gasteiger partial charge in [-0.25, -0.2) is 0 Å². The van der Waals surface area contributed by atoms with Gasteiger partial charge in [0.15, 0.2) is 0 Å². The first-order valence-corrected chi connectivity index (χ1v) is 5.44. The summed E-state index contributed by atoms with van der Waals surface area (Å²) in [5.74, 6) is 0.221. The van der Waals surface area contributed by atoms with Gasteiger partial charge in [0.2, 0.25) is 0 Å². The molecule has 0 bridgehead atoms. The lowest BCUT2D eigenvalue weighted by Crippen LogP contribution is -2.32. The molecule has 0 amide bonds. The van der Waals surface area contributed by atoms with Crippen LogP contribution in [0.4, 0.5) is 5.69 Å². The minimum atomic E-state index is -0.647. The summed E-state index contributed by atoms with van der Waals surface area (Å²) in [6.07, 6.45) is 0. The molecule has 1 aliphatic heterocycles. The predicted molar refractivity (Wildman–Crippen MR) is 63.5 cm³/mol. The van der Waals surface area contributed by atoms with E-state index in [9.17, 15) is 5.11 Å². The first kappa shape index (κ1) is 10.5. The van der Waals surface area contributed by atoms with Crippen LogP contribution in [0.25, 0.3) is 0 Å². The first-order valence-electron chi connectivity index (χ1n) is 5.44. The molecule has 1 unspecified atom stereocenters. The zero-order chi connectivity index (χ0) is 11.2.